The van der Waals surface area contributed by atoms with E-state index in [9.17, 15) is 9.59 Å². The zero-order chi connectivity index (χ0) is 15.4. The average molecular weight is 290 g/mol. The monoisotopic (exact) mass is 290 g/mol. The molecule has 1 aromatic rings. The quantitative estimate of drug-likeness (QED) is 0.887. The van der Waals surface area contributed by atoms with Gasteiger partial charge in [-0.2, -0.15) is 0 Å². The first kappa shape index (κ1) is 15.4. The number of nitrogens with zero attached hydrogens (tertiary/aromatic N) is 1. The Kier molecular flexibility index (Phi) is 4.83. The summed E-state index contributed by atoms with van der Waals surface area (Å²) in [5.41, 5.74) is 1.09. The predicted octanol–water partition coefficient (Wildman–Crippen LogP) is 1.22. The van der Waals surface area contributed by atoms with Crippen LogP contribution in [0.3, 0.4) is 0 Å². The Morgan fingerprint density at radius 1 is 1.38 bits per heavy atom. The lowest BCUT2D eigenvalue weighted by Crippen LogP contribution is -2.60. The molecule has 0 aliphatic carbocycles. The van der Waals surface area contributed by atoms with Crippen LogP contribution in [0.1, 0.15) is 19.4 Å². The van der Waals surface area contributed by atoms with Gasteiger partial charge in [0.2, 0.25) is 11.8 Å². The van der Waals surface area contributed by atoms with Crippen LogP contribution in [0.4, 0.5) is 0 Å². The number of carbonyl (C=O) groups is 2. The van der Waals surface area contributed by atoms with Gasteiger partial charge >= 0.3 is 0 Å². The second-order valence-electron chi connectivity index (χ2n) is 5.60. The number of piperazine rings is 1. The van der Waals surface area contributed by atoms with E-state index in [0.717, 1.165) is 11.3 Å². The first-order chi connectivity index (χ1) is 10.0. The van der Waals surface area contributed by atoms with Crippen LogP contribution in [0.5, 0.6) is 5.75 Å². The number of methoxy groups -OCH3 is 1. The number of benzene rings is 1. The molecule has 2 amide bonds. The molecule has 1 atom stereocenters. The fourth-order valence-corrected chi connectivity index (χ4v) is 2.67. The molecule has 0 spiro atoms. The normalized spacial score (nSPS) is 18.9. The molecule has 114 valence electrons. The maximum absolute atomic E-state index is 12.1. The summed E-state index contributed by atoms with van der Waals surface area (Å²) in [6, 6.07) is 7.40. The van der Waals surface area contributed by atoms with Gasteiger partial charge in [-0.3, -0.25) is 9.59 Å². The van der Waals surface area contributed by atoms with E-state index in [0.29, 0.717) is 13.0 Å². The first-order valence-electron chi connectivity index (χ1n) is 7.23. The van der Waals surface area contributed by atoms with Crippen molar-refractivity contribution >= 4 is 11.8 Å². The van der Waals surface area contributed by atoms with E-state index in [4.69, 9.17) is 4.74 Å². The molecule has 5 nitrogen and oxygen atoms in total. The van der Waals surface area contributed by atoms with Gasteiger partial charge in [0.05, 0.1) is 13.7 Å². The summed E-state index contributed by atoms with van der Waals surface area (Å²) in [6.45, 7) is 4.56. The summed E-state index contributed by atoms with van der Waals surface area (Å²) < 4.78 is 5.20. The molecule has 1 saturated heterocycles. The molecule has 1 unspecified atom stereocenters. The van der Waals surface area contributed by atoms with Crippen LogP contribution >= 0.6 is 0 Å². The van der Waals surface area contributed by atoms with Crippen LogP contribution in [-0.4, -0.2) is 43.0 Å². The topological polar surface area (TPSA) is 58.6 Å². The third-order valence-electron chi connectivity index (χ3n) is 3.75. The van der Waals surface area contributed by atoms with E-state index in [1.54, 1.807) is 12.0 Å². The number of carbonyl (C=O) groups excluding carboxylic acids is 2. The molecule has 1 aliphatic heterocycles. The summed E-state index contributed by atoms with van der Waals surface area (Å²) in [7, 11) is 1.63. The average Bonchev–Trinajstić information content (AvgIpc) is 2.47. The number of ether oxygens (including phenoxy) is 1. The maximum Gasteiger partial charge on any atom is 0.243 e. The largest absolute Gasteiger partial charge is 0.497 e. The molecule has 0 radical (unpaired) electrons. The molecular weight excluding hydrogens is 268 g/mol. The summed E-state index contributed by atoms with van der Waals surface area (Å²) in [6.07, 6.45) is 0.708. The molecular formula is C16H22N2O3. The minimum absolute atomic E-state index is 0.0174. The highest BCUT2D eigenvalue weighted by atomic mass is 16.5. The van der Waals surface area contributed by atoms with E-state index in [1.165, 1.54) is 0 Å². The number of rotatable bonds is 5. The van der Waals surface area contributed by atoms with Crippen LogP contribution in [0, 0.1) is 5.92 Å². The van der Waals surface area contributed by atoms with E-state index < -0.39 is 0 Å². The van der Waals surface area contributed by atoms with Crippen molar-refractivity contribution in [2.24, 2.45) is 5.92 Å². The van der Waals surface area contributed by atoms with Crippen molar-refractivity contribution in [2.45, 2.75) is 26.3 Å². The molecule has 1 fully saturated rings. The Morgan fingerprint density at radius 3 is 2.81 bits per heavy atom. The second kappa shape index (κ2) is 6.61. The van der Waals surface area contributed by atoms with Crippen molar-refractivity contribution in [3.8, 4) is 5.75 Å². The highest BCUT2D eigenvalue weighted by molar-refractivity contribution is 5.94. The Bertz CT molecular complexity index is 528. The van der Waals surface area contributed by atoms with Gasteiger partial charge in [-0.15, -0.1) is 0 Å². The fourth-order valence-electron chi connectivity index (χ4n) is 2.67. The van der Waals surface area contributed by atoms with E-state index >= 15 is 0 Å². The van der Waals surface area contributed by atoms with Crippen molar-refractivity contribution in [3.05, 3.63) is 29.8 Å². The van der Waals surface area contributed by atoms with Crippen molar-refractivity contribution in [1.82, 2.24) is 10.2 Å². The zero-order valence-corrected chi connectivity index (χ0v) is 12.8. The van der Waals surface area contributed by atoms with E-state index in [1.807, 2.05) is 38.1 Å². The summed E-state index contributed by atoms with van der Waals surface area (Å²) in [4.78, 5) is 25.8. The molecule has 21 heavy (non-hydrogen) atoms. The second-order valence-corrected chi connectivity index (χ2v) is 5.60. The molecule has 0 saturated carbocycles. The molecule has 1 heterocycles. The van der Waals surface area contributed by atoms with Gasteiger partial charge < -0.3 is 15.0 Å². The van der Waals surface area contributed by atoms with E-state index in [2.05, 4.69) is 5.32 Å². The standard InChI is InChI=1S/C16H22N2O3/c1-11(2)15-16(20)17-10-14(19)18(15)8-7-12-5-4-6-13(9-12)21-3/h4-6,9,11,15H,7-8,10H2,1-3H3,(H,17,20). The smallest absolute Gasteiger partial charge is 0.243 e. The number of amides is 2. The summed E-state index contributed by atoms with van der Waals surface area (Å²) in [5.74, 6) is 0.821. The number of hydrogen-bond acceptors (Lipinski definition) is 3. The molecule has 5 heteroatoms. The minimum Gasteiger partial charge on any atom is -0.497 e. The van der Waals surface area contributed by atoms with Crippen molar-refractivity contribution < 1.29 is 14.3 Å². The third kappa shape index (κ3) is 3.54. The van der Waals surface area contributed by atoms with Crippen molar-refractivity contribution in [3.63, 3.8) is 0 Å². The highest BCUT2D eigenvalue weighted by Gasteiger charge is 2.35. The van der Waals surface area contributed by atoms with Gasteiger partial charge in [0.15, 0.2) is 0 Å². The lowest BCUT2D eigenvalue weighted by molar-refractivity contribution is -0.147. The van der Waals surface area contributed by atoms with Gasteiger partial charge in [-0.05, 0) is 30.0 Å². The van der Waals surface area contributed by atoms with Crippen LogP contribution < -0.4 is 10.1 Å². The molecule has 1 aliphatic rings. The number of nitrogens with one attached hydrogen (secondary N) is 1. The first-order valence-corrected chi connectivity index (χ1v) is 7.23. The van der Waals surface area contributed by atoms with Crippen molar-refractivity contribution in [1.29, 1.82) is 0 Å². The van der Waals surface area contributed by atoms with Gasteiger partial charge in [-0.1, -0.05) is 26.0 Å². The van der Waals surface area contributed by atoms with Gasteiger partial charge in [0.25, 0.3) is 0 Å². The predicted molar refractivity (Wildman–Crippen MR) is 80.0 cm³/mol. The Morgan fingerprint density at radius 2 is 2.14 bits per heavy atom. The van der Waals surface area contributed by atoms with Crippen molar-refractivity contribution in [2.75, 3.05) is 20.2 Å². The summed E-state index contributed by atoms with van der Waals surface area (Å²) in [5, 5.41) is 2.66. The van der Waals surface area contributed by atoms with Crippen LogP contribution in [0.2, 0.25) is 0 Å². The van der Waals surface area contributed by atoms with Gasteiger partial charge in [0.1, 0.15) is 11.8 Å². The zero-order valence-electron chi connectivity index (χ0n) is 12.8. The Labute approximate surface area is 125 Å². The molecule has 1 aromatic carbocycles. The molecule has 2 rings (SSSR count). The maximum atomic E-state index is 12.1. The molecule has 0 bridgehead atoms. The lowest BCUT2D eigenvalue weighted by Gasteiger charge is -2.37. The lowest BCUT2D eigenvalue weighted by atomic mass is 9.98. The van der Waals surface area contributed by atoms with Crippen LogP contribution in [-0.2, 0) is 16.0 Å². The Hall–Kier alpha value is -2.04. The van der Waals surface area contributed by atoms with Gasteiger partial charge in [0, 0.05) is 6.54 Å². The molecule has 1 N–H and O–H groups in total. The van der Waals surface area contributed by atoms with Gasteiger partial charge in [-0.25, -0.2) is 0 Å². The van der Waals surface area contributed by atoms with E-state index in [-0.39, 0.29) is 30.3 Å². The van der Waals surface area contributed by atoms with Crippen LogP contribution in [0.25, 0.3) is 0 Å². The third-order valence-corrected chi connectivity index (χ3v) is 3.75. The number of hydrogen-bond donors (Lipinski definition) is 1. The summed E-state index contributed by atoms with van der Waals surface area (Å²) >= 11 is 0. The Balaban J connectivity index is 2.08. The van der Waals surface area contributed by atoms with Crippen LogP contribution in [0.15, 0.2) is 24.3 Å². The highest BCUT2D eigenvalue weighted by Crippen LogP contribution is 2.17. The molecule has 0 aromatic heterocycles. The SMILES string of the molecule is COc1cccc(CCN2C(=O)CNC(=O)C2C(C)C)c1. The minimum atomic E-state index is -0.378. The fraction of sp³-hybridized carbons (Fsp3) is 0.500.